The molecule has 0 saturated carbocycles. The first-order valence-electron chi connectivity index (χ1n) is 8.83. The van der Waals surface area contributed by atoms with E-state index in [0.29, 0.717) is 23.7 Å². The summed E-state index contributed by atoms with van der Waals surface area (Å²) in [5.74, 6) is -2.06. The number of aliphatic carboxylic acids is 1. The summed E-state index contributed by atoms with van der Waals surface area (Å²) in [4.78, 5) is 24.0. The number of aryl methyl sites for hydroxylation is 2. The van der Waals surface area contributed by atoms with Crippen LogP contribution in [0.2, 0.25) is 0 Å². The number of aromatic nitrogens is 3. The van der Waals surface area contributed by atoms with Crippen LogP contribution in [0, 0.1) is 5.92 Å². The Kier molecular flexibility index (Phi) is 8.93. The van der Waals surface area contributed by atoms with E-state index >= 15 is 0 Å². The van der Waals surface area contributed by atoms with Gasteiger partial charge in [-0.05, 0) is 37.0 Å². The van der Waals surface area contributed by atoms with E-state index in [4.69, 9.17) is 0 Å². The number of rotatable bonds is 8. The molecule has 0 saturated heterocycles. The molecule has 8 heteroatoms. The molecule has 2 aromatic carbocycles. The van der Waals surface area contributed by atoms with Gasteiger partial charge >= 0.3 is 5.97 Å². The summed E-state index contributed by atoms with van der Waals surface area (Å²) < 4.78 is 1.15. The zero-order valence-electron chi connectivity index (χ0n) is 15.7. The van der Waals surface area contributed by atoms with Crippen molar-refractivity contribution in [2.24, 2.45) is 5.92 Å². The molecule has 0 aliphatic carbocycles. The molecule has 0 aliphatic rings. The van der Waals surface area contributed by atoms with Gasteiger partial charge in [0.15, 0.2) is 0 Å². The van der Waals surface area contributed by atoms with Crippen molar-refractivity contribution in [3.05, 3.63) is 70.5 Å². The number of carboxylic acids is 1. The van der Waals surface area contributed by atoms with E-state index in [0.717, 1.165) is 10.2 Å². The normalized spacial score (nSPS) is 12.9. The topological polar surface area (TPSA) is 105 Å². The minimum atomic E-state index is -1.09. The number of carboxylic acid groups (broad SMARTS) is 1. The van der Waals surface area contributed by atoms with E-state index in [1.807, 2.05) is 30.3 Å². The van der Waals surface area contributed by atoms with Gasteiger partial charge in [0, 0.05) is 57.9 Å². The standard InChI is InChI=1S/C20H21N3O4.K/c24-18(11-10-14-6-2-1-3-7-14)16(20(26)27)12-13-23-19(25)15-8-4-5-9-17(15)21-22-23;/h1-9,16,18,24H,10-13H2,(H,26,27);/t16-,18+;/m0./s1. The molecule has 0 amide bonds. The maximum atomic E-state index is 12.4. The third kappa shape index (κ3) is 5.79. The van der Waals surface area contributed by atoms with Gasteiger partial charge in [-0.2, -0.15) is 0 Å². The van der Waals surface area contributed by atoms with Gasteiger partial charge in [0.1, 0.15) is 5.52 Å². The molecule has 0 spiro atoms. The molecule has 141 valence electrons. The Morgan fingerprint density at radius 2 is 1.71 bits per heavy atom. The number of aliphatic hydroxyl groups excluding tert-OH is 1. The van der Waals surface area contributed by atoms with E-state index in [9.17, 15) is 19.8 Å². The van der Waals surface area contributed by atoms with Crippen LogP contribution in [0.15, 0.2) is 59.4 Å². The average molecular weight is 407 g/mol. The fraction of sp³-hybridized carbons (Fsp3) is 0.300. The molecule has 0 bridgehead atoms. The summed E-state index contributed by atoms with van der Waals surface area (Å²) in [6.07, 6.45) is 0.00534. The van der Waals surface area contributed by atoms with Gasteiger partial charge in [-0.25, -0.2) is 4.68 Å². The first kappa shape index (κ1) is 22.9. The quantitative estimate of drug-likeness (QED) is 0.549. The number of aliphatic hydroxyl groups is 1. The fourth-order valence-corrected chi connectivity index (χ4v) is 3.07. The van der Waals surface area contributed by atoms with Gasteiger partial charge in [-0.15, -0.1) is 5.10 Å². The Bertz CT molecular complexity index is 978. The third-order valence-corrected chi connectivity index (χ3v) is 4.63. The molecule has 2 N–H and O–H groups in total. The summed E-state index contributed by atoms with van der Waals surface area (Å²) in [6.45, 7) is 0.0794. The van der Waals surface area contributed by atoms with E-state index in [-0.39, 0.29) is 69.9 Å². The van der Waals surface area contributed by atoms with Crippen LogP contribution in [0.25, 0.3) is 10.9 Å². The number of fused-ring (bicyclic) bond motifs is 1. The van der Waals surface area contributed by atoms with Crippen molar-refractivity contribution in [2.45, 2.75) is 31.9 Å². The van der Waals surface area contributed by atoms with Crippen LogP contribution in [0.3, 0.4) is 0 Å². The van der Waals surface area contributed by atoms with Crippen LogP contribution in [0.1, 0.15) is 18.4 Å². The SMILES string of the molecule is O=C(O)[C@@H](CCn1nnc2ccccc2c1=O)[C@H](O)CCc1ccccc1.[K]. The van der Waals surface area contributed by atoms with Crippen LogP contribution in [0.4, 0.5) is 0 Å². The van der Waals surface area contributed by atoms with Crippen LogP contribution in [-0.2, 0) is 17.8 Å². The summed E-state index contributed by atoms with van der Waals surface area (Å²) in [7, 11) is 0. The Morgan fingerprint density at radius 1 is 1.04 bits per heavy atom. The molecule has 0 fully saturated rings. The molecular weight excluding hydrogens is 385 g/mol. The Labute approximate surface area is 204 Å². The molecule has 3 aromatic rings. The molecule has 28 heavy (non-hydrogen) atoms. The second-order valence-corrected chi connectivity index (χ2v) is 6.46. The molecule has 7 nitrogen and oxygen atoms in total. The Balaban J connectivity index is 0.00000280. The molecule has 3 rings (SSSR count). The zero-order chi connectivity index (χ0) is 19.2. The average Bonchev–Trinajstić information content (AvgIpc) is 2.69. The number of benzene rings is 2. The molecule has 1 aromatic heterocycles. The molecule has 1 heterocycles. The fourth-order valence-electron chi connectivity index (χ4n) is 3.07. The minimum absolute atomic E-state index is 0. The summed E-state index contributed by atoms with van der Waals surface area (Å²) in [6, 6.07) is 16.4. The molecule has 0 aliphatic heterocycles. The second kappa shape index (κ2) is 10.9. The van der Waals surface area contributed by atoms with Gasteiger partial charge < -0.3 is 10.2 Å². The smallest absolute Gasteiger partial charge is 0.309 e. The van der Waals surface area contributed by atoms with E-state index in [2.05, 4.69) is 10.3 Å². The first-order chi connectivity index (χ1) is 13.1. The van der Waals surface area contributed by atoms with E-state index < -0.39 is 18.0 Å². The van der Waals surface area contributed by atoms with Crippen LogP contribution < -0.4 is 5.56 Å². The molecular formula is C20H21KN3O4. The molecule has 0 unspecified atom stereocenters. The number of nitrogens with zero attached hydrogens (tertiary/aromatic N) is 3. The van der Waals surface area contributed by atoms with Crippen molar-refractivity contribution in [3.63, 3.8) is 0 Å². The van der Waals surface area contributed by atoms with Crippen LogP contribution in [-0.4, -0.2) is 88.7 Å². The van der Waals surface area contributed by atoms with E-state index in [1.165, 1.54) is 0 Å². The molecule has 2 atom stereocenters. The van der Waals surface area contributed by atoms with Crippen molar-refractivity contribution >= 4 is 68.3 Å². The first-order valence-corrected chi connectivity index (χ1v) is 8.83. The minimum Gasteiger partial charge on any atom is -0.481 e. The van der Waals surface area contributed by atoms with Gasteiger partial charge in [0.2, 0.25) is 0 Å². The predicted molar refractivity (Wildman–Crippen MR) is 106 cm³/mol. The Morgan fingerprint density at radius 3 is 2.43 bits per heavy atom. The van der Waals surface area contributed by atoms with Gasteiger partial charge in [0.25, 0.3) is 5.56 Å². The summed E-state index contributed by atoms with van der Waals surface area (Å²) >= 11 is 0. The summed E-state index contributed by atoms with van der Waals surface area (Å²) in [5.41, 5.74) is 1.22. The van der Waals surface area contributed by atoms with Crippen molar-refractivity contribution in [1.29, 1.82) is 0 Å². The van der Waals surface area contributed by atoms with Crippen LogP contribution in [0.5, 0.6) is 0 Å². The maximum absolute atomic E-state index is 12.4. The molecule has 1 radical (unpaired) electrons. The van der Waals surface area contributed by atoms with Crippen LogP contribution >= 0.6 is 0 Å². The predicted octanol–water partition coefficient (Wildman–Crippen LogP) is 1.50. The van der Waals surface area contributed by atoms with Gasteiger partial charge in [-0.3, -0.25) is 9.59 Å². The van der Waals surface area contributed by atoms with E-state index in [1.54, 1.807) is 24.3 Å². The Hall–Kier alpha value is -1.42. The van der Waals surface area contributed by atoms with Crippen molar-refractivity contribution in [1.82, 2.24) is 15.0 Å². The third-order valence-electron chi connectivity index (χ3n) is 4.63. The second-order valence-electron chi connectivity index (χ2n) is 6.46. The number of carbonyl (C=O) groups is 1. The maximum Gasteiger partial charge on any atom is 0.309 e. The summed E-state index contributed by atoms with van der Waals surface area (Å²) in [5, 5.41) is 28.1. The number of hydrogen-bond donors (Lipinski definition) is 2. The van der Waals surface area contributed by atoms with Crippen molar-refractivity contribution in [2.75, 3.05) is 0 Å². The zero-order valence-corrected chi connectivity index (χ0v) is 18.9. The van der Waals surface area contributed by atoms with Gasteiger partial charge in [0.05, 0.1) is 17.4 Å². The van der Waals surface area contributed by atoms with Gasteiger partial charge in [-0.1, -0.05) is 47.7 Å². The number of hydrogen-bond acceptors (Lipinski definition) is 5. The largest absolute Gasteiger partial charge is 0.481 e. The monoisotopic (exact) mass is 406 g/mol. The van der Waals surface area contributed by atoms with Crippen molar-refractivity contribution in [3.8, 4) is 0 Å². The van der Waals surface area contributed by atoms with Crippen molar-refractivity contribution < 1.29 is 15.0 Å².